The Labute approximate surface area is 227 Å². The van der Waals surface area contributed by atoms with Gasteiger partial charge in [0.25, 0.3) is 5.91 Å². The molecule has 3 heterocycles. The predicted octanol–water partition coefficient (Wildman–Crippen LogP) is 6.14. The van der Waals surface area contributed by atoms with E-state index in [1.165, 1.54) is 27.6 Å². The SMILES string of the molecule is NC(=O)C1C(c2cccs2)C(C(=O)c2cccc(Cl)c2)C(C=Cc2ccccc2)N1C(=O)c1cccs1. The summed E-state index contributed by atoms with van der Waals surface area (Å²) in [5.74, 6) is -2.54. The van der Waals surface area contributed by atoms with Crippen LogP contribution in [-0.4, -0.2) is 34.6 Å². The average molecular weight is 547 g/mol. The lowest BCUT2D eigenvalue weighted by Crippen LogP contribution is -2.48. The maximum Gasteiger partial charge on any atom is 0.265 e. The molecule has 0 bridgehead atoms. The molecule has 186 valence electrons. The summed E-state index contributed by atoms with van der Waals surface area (Å²) in [5, 5.41) is 4.14. The van der Waals surface area contributed by atoms with E-state index in [-0.39, 0.29) is 11.7 Å². The van der Waals surface area contributed by atoms with Crippen molar-refractivity contribution in [2.75, 3.05) is 0 Å². The molecule has 1 aliphatic heterocycles. The lowest BCUT2D eigenvalue weighted by atomic mass is 9.80. The van der Waals surface area contributed by atoms with Gasteiger partial charge >= 0.3 is 0 Å². The zero-order valence-electron chi connectivity index (χ0n) is 19.6. The van der Waals surface area contributed by atoms with Gasteiger partial charge < -0.3 is 10.6 Å². The van der Waals surface area contributed by atoms with Crippen molar-refractivity contribution in [3.8, 4) is 0 Å². The van der Waals surface area contributed by atoms with Gasteiger partial charge in [-0.05, 0) is 40.6 Å². The van der Waals surface area contributed by atoms with E-state index in [0.29, 0.717) is 15.5 Å². The summed E-state index contributed by atoms with van der Waals surface area (Å²) in [4.78, 5) is 43.9. The third-order valence-electron chi connectivity index (χ3n) is 6.54. The van der Waals surface area contributed by atoms with Gasteiger partial charge in [0.2, 0.25) is 5.91 Å². The largest absolute Gasteiger partial charge is 0.368 e. The van der Waals surface area contributed by atoms with Gasteiger partial charge in [0.05, 0.1) is 16.8 Å². The van der Waals surface area contributed by atoms with Crippen LogP contribution in [0.1, 0.15) is 36.4 Å². The Morgan fingerprint density at radius 2 is 1.65 bits per heavy atom. The van der Waals surface area contributed by atoms with E-state index in [4.69, 9.17) is 17.3 Å². The molecule has 2 amide bonds. The Morgan fingerprint density at radius 3 is 2.30 bits per heavy atom. The number of halogens is 1. The van der Waals surface area contributed by atoms with Crippen molar-refractivity contribution in [3.63, 3.8) is 0 Å². The third kappa shape index (κ3) is 5.03. The van der Waals surface area contributed by atoms with Crippen LogP contribution in [0.25, 0.3) is 6.08 Å². The molecule has 4 unspecified atom stereocenters. The topological polar surface area (TPSA) is 80.5 Å². The third-order valence-corrected chi connectivity index (χ3v) is 8.61. The zero-order chi connectivity index (χ0) is 25.9. The van der Waals surface area contributed by atoms with Crippen LogP contribution < -0.4 is 5.73 Å². The van der Waals surface area contributed by atoms with E-state index in [0.717, 1.165) is 10.4 Å². The van der Waals surface area contributed by atoms with Gasteiger partial charge in [0.1, 0.15) is 6.04 Å². The van der Waals surface area contributed by atoms with Crippen LogP contribution >= 0.6 is 34.3 Å². The minimum Gasteiger partial charge on any atom is -0.368 e. The van der Waals surface area contributed by atoms with Gasteiger partial charge in [-0.3, -0.25) is 14.4 Å². The highest BCUT2D eigenvalue weighted by Gasteiger charge is 2.56. The fraction of sp³-hybridized carbons (Fsp3) is 0.138. The molecule has 4 atom stereocenters. The number of ketones is 1. The first kappa shape index (κ1) is 25.1. The van der Waals surface area contributed by atoms with Crippen LogP contribution in [0, 0.1) is 5.92 Å². The van der Waals surface area contributed by atoms with E-state index >= 15 is 0 Å². The maximum absolute atomic E-state index is 14.2. The molecule has 1 aliphatic rings. The summed E-state index contributed by atoms with van der Waals surface area (Å²) >= 11 is 8.96. The van der Waals surface area contributed by atoms with Crippen LogP contribution in [0.3, 0.4) is 0 Å². The fourth-order valence-corrected chi connectivity index (χ4v) is 6.76. The number of carbonyl (C=O) groups excluding carboxylic acids is 3. The molecule has 1 fully saturated rings. The molecule has 4 aromatic rings. The first-order valence-electron chi connectivity index (χ1n) is 11.7. The number of primary amides is 1. The molecule has 0 aliphatic carbocycles. The number of amides is 2. The first-order valence-corrected chi connectivity index (χ1v) is 13.8. The molecule has 5 rings (SSSR count). The standard InChI is InChI=1S/C29H23ClN2O3S2/c30-20-10-4-9-19(17-20)27(33)24-21(14-13-18-7-2-1-3-8-18)32(29(35)23-12-6-16-37-23)26(28(31)34)25(24)22-11-5-15-36-22/h1-17,21,24-26H,(H2,31,34). The molecule has 5 nitrogen and oxygen atoms in total. The molecular formula is C29H23ClN2O3S2. The van der Waals surface area contributed by atoms with Crippen LogP contribution in [0.5, 0.6) is 0 Å². The quantitative estimate of drug-likeness (QED) is 0.283. The Hall–Kier alpha value is -3.52. The lowest BCUT2D eigenvalue weighted by Gasteiger charge is -2.28. The van der Waals surface area contributed by atoms with Crippen LogP contribution in [0.15, 0.2) is 95.7 Å². The molecule has 2 aromatic carbocycles. The van der Waals surface area contributed by atoms with E-state index in [1.807, 2.05) is 65.4 Å². The van der Waals surface area contributed by atoms with Crippen molar-refractivity contribution >= 4 is 57.9 Å². The number of Topliss-reactive ketones (excluding diaryl/α,β-unsaturated/α-hetero) is 1. The highest BCUT2D eigenvalue weighted by Crippen LogP contribution is 2.47. The second-order valence-electron chi connectivity index (χ2n) is 8.74. The monoisotopic (exact) mass is 546 g/mol. The summed E-state index contributed by atoms with van der Waals surface area (Å²) in [6, 6.07) is 21.9. The van der Waals surface area contributed by atoms with Gasteiger partial charge in [-0.25, -0.2) is 0 Å². The number of benzene rings is 2. The van der Waals surface area contributed by atoms with Crippen molar-refractivity contribution in [3.05, 3.63) is 122 Å². The number of hydrogen-bond acceptors (Lipinski definition) is 5. The van der Waals surface area contributed by atoms with Crippen LogP contribution in [0.2, 0.25) is 5.02 Å². The molecule has 0 radical (unpaired) electrons. The van der Waals surface area contributed by atoms with Gasteiger partial charge in [0, 0.05) is 21.4 Å². The molecular weight excluding hydrogens is 524 g/mol. The average Bonchev–Trinajstić information content (AvgIpc) is 3.67. The number of carbonyl (C=O) groups is 3. The second-order valence-corrected chi connectivity index (χ2v) is 11.1. The summed E-state index contributed by atoms with van der Waals surface area (Å²) in [7, 11) is 0. The molecule has 2 aromatic heterocycles. The van der Waals surface area contributed by atoms with Crippen molar-refractivity contribution in [1.82, 2.24) is 4.90 Å². The second kappa shape index (κ2) is 10.8. The molecule has 8 heteroatoms. The number of likely N-dealkylation sites (tertiary alicyclic amines) is 1. The molecule has 1 saturated heterocycles. The summed E-state index contributed by atoms with van der Waals surface area (Å²) in [6.45, 7) is 0. The molecule has 0 spiro atoms. The van der Waals surface area contributed by atoms with Crippen molar-refractivity contribution in [2.24, 2.45) is 11.7 Å². The Morgan fingerprint density at radius 1 is 0.892 bits per heavy atom. The van der Waals surface area contributed by atoms with Crippen molar-refractivity contribution < 1.29 is 14.4 Å². The summed E-state index contributed by atoms with van der Waals surface area (Å²) < 4.78 is 0. The number of nitrogens with two attached hydrogens (primary N) is 1. The number of rotatable bonds is 7. The van der Waals surface area contributed by atoms with Crippen LogP contribution in [0.4, 0.5) is 0 Å². The van der Waals surface area contributed by atoms with Gasteiger partial charge in [0.15, 0.2) is 5.78 Å². The zero-order valence-corrected chi connectivity index (χ0v) is 22.0. The van der Waals surface area contributed by atoms with Gasteiger partial charge in [-0.2, -0.15) is 0 Å². The predicted molar refractivity (Wildman–Crippen MR) is 149 cm³/mol. The van der Waals surface area contributed by atoms with Crippen LogP contribution in [-0.2, 0) is 4.79 Å². The first-order chi connectivity index (χ1) is 18.0. The normalized spacial score (nSPS) is 21.4. The highest BCUT2D eigenvalue weighted by molar-refractivity contribution is 7.12. The molecule has 0 saturated carbocycles. The minimum atomic E-state index is -1.01. The van der Waals surface area contributed by atoms with Crippen molar-refractivity contribution in [2.45, 2.75) is 18.0 Å². The van der Waals surface area contributed by atoms with E-state index in [9.17, 15) is 14.4 Å². The Kier molecular flexibility index (Phi) is 7.37. The fourth-order valence-electron chi connectivity index (χ4n) is 5.00. The van der Waals surface area contributed by atoms with Crippen molar-refractivity contribution in [1.29, 1.82) is 0 Å². The number of nitrogens with zero attached hydrogens (tertiary/aromatic N) is 1. The lowest BCUT2D eigenvalue weighted by molar-refractivity contribution is -0.122. The van der Waals surface area contributed by atoms with Gasteiger partial charge in [-0.1, -0.05) is 78.4 Å². The maximum atomic E-state index is 14.2. The van der Waals surface area contributed by atoms with E-state index in [1.54, 1.807) is 36.4 Å². The van der Waals surface area contributed by atoms with E-state index in [2.05, 4.69) is 0 Å². The summed E-state index contributed by atoms with van der Waals surface area (Å²) in [5.41, 5.74) is 7.32. The number of hydrogen-bond donors (Lipinski definition) is 1. The number of thiophene rings is 2. The Bertz CT molecular complexity index is 1440. The Balaban J connectivity index is 1.70. The van der Waals surface area contributed by atoms with Gasteiger partial charge in [-0.15, -0.1) is 22.7 Å². The summed E-state index contributed by atoms with van der Waals surface area (Å²) in [6.07, 6.45) is 3.73. The minimum absolute atomic E-state index is 0.198. The molecule has 2 N–H and O–H groups in total. The smallest absolute Gasteiger partial charge is 0.265 e. The van der Waals surface area contributed by atoms with E-state index < -0.39 is 29.8 Å². The molecule has 37 heavy (non-hydrogen) atoms. The highest BCUT2D eigenvalue weighted by atomic mass is 35.5.